The molecule has 0 saturated heterocycles. The zero-order valence-electron chi connectivity index (χ0n) is 15.1. The molecule has 136 valence electrons. The number of hydrogen-bond acceptors (Lipinski definition) is 3. The molecule has 0 aliphatic heterocycles. The quantitative estimate of drug-likeness (QED) is 0.534. The van der Waals surface area contributed by atoms with Gasteiger partial charge in [0.2, 0.25) is 0 Å². The summed E-state index contributed by atoms with van der Waals surface area (Å²) in [6, 6.07) is 20.4. The molecule has 3 aromatic rings. The van der Waals surface area contributed by atoms with Crippen LogP contribution in [0.1, 0.15) is 17.5 Å². The zero-order chi connectivity index (χ0) is 18.2. The van der Waals surface area contributed by atoms with Gasteiger partial charge >= 0.3 is 0 Å². The first-order valence-corrected chi connectivity index (χ1v) is 9.39. The second-order valence-electron chi connectivity index (χ2n) is 6.32. The Morgan fingerprint density at radius 1 is 0.962 bits per heavy atom. The van der Waals surface area contributed by atoms with E-state index >= 15 is 0 Å². The summed E-state index contributed by atoms with van der Waals surface area (Å²) in [5.74, 6) is 0.921. The predicted octanol–water partition coefficient (Wildman–Crippen LogP) is 4.77. The molecule has 0 amide bonds. The fourth-order valence-corrected chi connectivity index (χ4v) is 3.24. The van der Waals surface area contributed by atoms with Gasteiger partial charge in [-0.25, -0.2) is 0 Å². The topological polar surface area (TPSA) is 33.3 Å². The molecule has 0 unspecified atom stereocenters. The molecule has 0 spiro atoms. The van der Waals surface area contributed by atoms with Gasteiger partial charge < -0.3 is 15.4 Å². The van der Waals surface area contributed by atoms with Crippen molar-refractivity contribution in [1.82, 2.24) is 10.6 Å². The van der Waals surface area contributed by atoms with Crippen molar-refractivity contribution in [2.45, 2.75) is 19.6 Å². The van der Waals surface area contributed by atoms with Crippen molar-refractivity contribution in [3.63, 3.8) is 0 Å². The summed E-state index contributed by atoms with van der Waals surface area (Å²) in [5, 5.41) is 9.91. The molecule has 3 nitrogen and oxygen atoms in total. The Morgan fingerprint density at radius 2 is 1.85 bits per heavy atom. The van der Waals surface area contributed by atoms with Gasteiger partial charge in [-0.2, -0.15) is 0 Å². The highest BCUT2D eigenvalue weighted by Gasteiger charge is 2.09. The monoisotopic (exact) mass is 368 g/mol. The van der Waals surface area contributed by atoms with Crippen LogP contribution < -0.4 is 15.4 Å². The number of hydrogen-bond donors (Lipinski definition) is 2. The van der Waals surface area contributed by atoms with E-state index in [2.05, 4.69) is 47.0 Å². The number of benzene rings is 3. The van der Waals surface area contributed by atoms with Crippen molar-refractivity contribution >= 4 is 22.4 Å². The zero-order valence-corrected chi connectivity index (χ0v) is 15.9. The van der Waals surface area contributed by atoms with E-state index < -0.39 is 0 Å². The van der Waals surface area contributed by atoms with Crippen molar-refractivity contribution in [2.75, 3.05) is 20.1 Å². The van der Waals surface area contributed by atoms with E-state index in [1.165, 1.54) is 16.3 Å². The molecular formula is C22H25ClN2O. The lowest BCUT2D eigenvalue weighted by Gasteiger charge is -2.15. The summed E-state index contributed by atoms with van der Waals surface area (Å²) in [6.45, 7) is 3.28. The van der Waals surface area contributed by atoms with Gasteiger partial charge in [0.1, 0.15) is 12.4 Å². The van der Waals surface area contributed by atoms with Crippen molar-refractivity contribution in [1.29, 1.82) is 0 Å². The minimum Gasteiger partial charge on any atom is -0.489 e. The number of ether oxygens (including phenoxy) is 1. The van der Waals surface area contributed by atoms with Gasteiger partial charge in [0, 0.05) is 17.1 Å². The SMILES string of the molecule is CNCCCNCc1c(OCc2cccc(Cl)c2)ccc2ccccc12. The van der Waals surface area contributed by atoms with Crippen LogP contribution in [-0.2, 0) is 13.2 Å². The highest BCUT2D eigenvalue weighted by molar-refractivity contribution is 6.30. The summed E-state index contributed by atoms with van der Waals surface area (Å²) >= 11 is 6.08. The number of fused-ring (bicyclic) bond motifs is 1. The predicted molar refractivity (Wildman–Crippen MR) is 110 cm³/mol. The molecule has 0 aromatic heterocycles. The third kappa shape index (κ3) is 4.98. The average molecular weight is 369 g/mol. The van der Waals surface area contributed by atoms with Crippen LogP contribution in [-0.4, -0.2) is 20.1 Å². The summed E-state index contributed by atoms with van der Waals surface area (Å²) in [4.78, 5) is 0. The highest BCUT2D eigenvalue weighted by Crippen LogP contribution is 2.29. The molecule has 0 aliphatic carbocycles. The fraction of sp³-hybridized carbons (Fsp3) is 0.273. The lowest BCUT2D eigenvalue weighted by molar-refractivity contribution is 0.302. The summed E-state index contributed by atoms with van der Waals surface area (Å²) in [7, 11) is 1.98. The van der Waals surface area contributed by atoms with E-state index in [0.717, 1.165) is 42.4 Å². The molecule has 0 radical (unpaired) electrons. The molecule has 0 aliphatic rings. The van der Waals surface area contributed by atoms with Gasteiger partial charge in [-0.05, 0) is 61.1 Å². The second kappa shape index (κ2) is 9.58. The van der Waals surface area contributed by atoms with Crippen LogP contribution in [0, 0.1) is 0 Å². The summed E-state index contributed by atoms with van der Waals surface area (Å²) in [5.41, 5.74) is 2.27. The lowest BCUT2D eigenvalue weighted by atomic mass is 10.0. The number of halogens is 1. The average Bonchev–Trinajstić information content (AvgIpc) is 2.67. The third-order valence-electron chi connectivity index (χ3n) is 4.36. The molecule has 2 N–H and O–H groups in total. The van der Waals surface area contributed by atoms with Crippen LogP contribution in [0.25, 0.3) is 10.8 Å². The Bertz CT molecular complexity index is 850. The van der Waals surface area contributed by atoms with Crippen LogP contribution in [0.15, 0.2) is 60.7 Å². The Kier molecular flexibility index (Phi) is 6.89. The molecule has 26 heavy (non-hydrogen) atoms. The molecule has 0 heterocycles. The van der Waals surface area contributed by atoms with Crippen LogP contribution in [0.4, 0.5) is 0 Å². The van der Waals surface area contributed by atoms with Crippen LogP contribution in [0.3, 0.4) is 0 Å². The van der Waals surface area contributed by atoms with Crippen LogP contribution in [0.5, 0.6) is 5.75 Å². The van der Waals surface area contributed by atoms with E-state index in [4.69, 9.17) is 16.3 Å². The van der Waals surface area contributed by atoms with Gasteiger partial charge in [-0.3, -0.25) is 0 Å². The maximum absolute atomic E-state index is 6.15. The number of nitrogens with one attached hydrogen (secondary N) is 2. The van der Waals surface area contributed by atoms with Crippen molar-refractivity contribution in [2.24, 2.45) is 0 Å². The van der Waals surface area contributed by atoms with Gasteiger partial charge in [-0.15, -0.1) is 0 Å². The number of rotatable bonds is 9. The molecule has 0 saturated carbocycles. The van der Waals surface area contributed by atoms with Gasteiger partial charge in [0.05, 0.1) is 0 Å². The fourth-order valence-electron chi connectivity index (χ4n) is 3.02. The third-order valence-corrected chi connectivity index (χ3v) is 4.60. The first-order chi connectivity index (χ1) is 12.8. The van der Waals surface area contributed by atoms with E-state index in [1.54, 1.807) is 0 Å². The molecular weight excluding hydrogens is 344 g/mol. The van der Waals surface area contributed by atoms with Crippen LogP contribution >= 0.6 is 11.6 Å². The van der Waals surface area contributed by atoms with E-state index in [-0.39, 0.29) is 0 Å². The highest BCUT2D eigenvalue weighted by atomic mass is 35.5. The Labute approximate surface area is 160 Å². The van der Waals surface area contributed by atoms with Gasteiger partial charge in [0.15, 0.2) is 0 Å². The van der Waals surface area contributed by atoms with Crippen molar-refractivity contribution < 1.29 is 4.74 Å². The smallest absolute Gasteiger partial charge is 0.124 e. The summed E-state index contributed by atoms with van der Waals surface area (Å²) in [6.07, 6.45) is 1.10. The lowest BCUT2D eigenvalue weighted by Crippen LogP contribution is -2.20. The molecule has 4 heteroatoms. The Balaban J connectivity index is 1.77. The molecule has 3 rings (SSSR count). The van der Waals surface area contributed by atoms with E-state index in [9.17, 15) is 0 Å². The molecule has 3 aromatic carbocycles. The van der Waals surface area contributed by atoms with Gasteiger partial charge in [0.25, 0.3) is 0 Å². The van der Waals surface area contributed by atoms with Crippen molar-refractivity contribution in [3.8, 4) is 5.75 Å². The van der Waals surface area contributed by atoms with Crippen LogP contribution in [0.2, 0.25) is 5.02 Å². The Morgan fingerprint density at radius 3 is 2.69 bits per heavy atom. The molecule has 0 fully saturated rings. The molecule has 0 atom stereocenters. The van der Waals surface area contributed by atoms with E-state index in [1.807, 2.05) is 31.3 Å². The second-order valence-corrected chi connectivity index (χ2v) is 6.75. The maximum atomic E-state index is 6.15. The van der Waals surface area contributed by atoms with Crippen molar-refractivity contribution in [3.05, 3.63) is 76.8 Å². The van der Waals surface area contributed by atoms with Gasteiger partial charge in [-0.1, -0.05) is 54.1 Å². The minimum atomic E-state index is 0.506. The Hall–Kier alpha value is -2.07. The molecule has 0 bridgehead atoms. The normalized spacial score (nSPS) is 11.0. The first-order valence-electron chi connectivity index (χ1n) is 9.01. The minimum absolute atomic E-state index is 0.506. The first kappa shape index (κ1) is 18.7. The largest absolute Gasteiger partial charge is 0.489 e. The summed E-state index contributed by atoms with van der Waals surface area (Å²) < 4.78 is 6.15. The standard InChI is InChI=1S/C22H25ClN2O/c1-24-12-5-13-25-15-21-20-9-3-2-7-18(20)10-11-22(21)26-16-17-6-4-8-19(23)14-17/h2-4,6-11,14,24-25H,5,12-13,15-16H2,1H3. The maximum Gasteiger partial charge on any atom is 0.124 e. The van der Waals surface area contributed by atoms with E-state index in [0.29, 0.717) is 6.61 Å².